The van der Waals surface area contributed by atoms with Crippen molar-refractivity contribution in [1.29, 1.82) is 0 Å². The Labute approximate surface area is 122 Å². The highest BCUT2D eigenvalue weighted by atomic mass is 35.5. The average molecular weight is 366 g/mol. The molecule has 4 nitrogen and oxygen atoms in total. The van der Waals surface area contributed by atoms with Crippen LogP contribution in [0.25, 0.3) is 0 Å². The minimum Gasteiger partial charge on any atom is -0.493 e. The van der Waals surface area contributed by atoms with Gasteiger partial charge in [0.2, 0.25) is 5.88 Å². The number of alkyl halides is 6. The molecule has 0 saturated heterocycles. The van der Waals surface area contributed by atoms with E-state index in [9.17, 15) is 18.7 Å². The largest absolute Gasteiger partial charge is 0.493 e. The highest BCUT2D eigenvalue weighted by Crippen LogP contribution is 2.40. The Morgan fingerprint density at radius 1 is 1.18 bits per heavy atom. The van der Waals surface area contributed by atoms with E-state index in [2.05, 4.69) is 0 Å². The van der Waals surface area contributed by atoms with Crippen molar-refractivity contribution in [3.63, 3.8) is 0 Å². The van der Waals surface area contributed by atoms with Crippen LogP contribution in [-0.4, -0.2) is 20.9 Å². The summed E-state index contributed by atoms with van der Waals surface area (Å²) < 4.78 is 21.0. The van der Waals surface area contributed by atoms with Gasteiger partial charge in [0, 0.05) is 23.9 Å². The molecule has 17 heavy (non-hydrogen) atoms. The summed E-state index contributed by atoms with van der Waals surface area (Å²) in [7, 11) is 0. The summed E-state index contributed by atoms with van der Waals surface area (Å²) in [5, 5.41) is 9.29. The fraction of sp³-hybridized carbons (Fsp3) is 0.400. The molecule has 0 saturated carbocycles. The summed E-state index contributed by atoms with van der Waals surface area (Å²) >= 11 is 20.1. The first-order valence-corrected chi connectivity index (χ1v) is 6.61. The van der Waals surface area contributed by atoms with E-state index >= 15 is 0 Å². The Hall–Kier alpha value is 0.530. The molecule has 0 unspecified atom stereocenters. The molecule has 0 aromatic carbocycles. The second-order valence-corrected chi connectivity index (χ2v) is 8.08. The van der Waals surface area contributed by atoms with E-state index in [1.165, 1.54) is 0 Å². The number of nitrogens with zero attached hydrogens (tertiary/aromatic N) is 2. The summed E-state index contributed by atoms with van der Waals surface area (Å²) in [6.07, 6.45) is 0.776. The average Bonchev–Trinajstić information content (AvgIpc) is 2.27. The Morgan fingerprint density at radius 3 is 2.06 bits per heavy atom. The van der Waals surface area contributed by atoms with E-state index in [0.717, 1.165) is 6.20 Å². The molecule has 0 atom stereocenters. The van der Waals surface area contributed by atoms with Crippen LogP contribution in [0.5, 0.6) is 5.88 Å². The lowest BCUT2D eigenvalue weighted by molar-refractivity contribution is 0.447. The molecule has 1 aromatic rings. The minimum absolute atomic E-state index is 0.0236. The molecule has 0 spiro atoms. The second kappa shape index (κ2) is 5.26. The number of aromatic nitrogens is 2. The van der Waals surface area contributed by atoms with Gasteiger partial charge in [0.1, 0.15) is 0 Å². The molecule has 1 N–H and O–H groups in total. The Morgan fingerprint density at radius 2 is 1.65 bits per heavy atom. The van der Waals surface area contributed by atoms with Crippen molar-refractivity contribution in [2.45, 2.75) is 7.84 Å². The highest BCUT2D eigenvalue weighted by Gasteiger charge is 2.31. The normalized spacial score (nSPS) is 13.1. The van der Waals surface area contributed by atoms with Crippen LogP contribution in [0.1, 0.15) is 0 Å². The third-order valence-electron chi connectivity index (χ3n) is 1.20. The smallest absolute Gasteiger partial charge is 0.351 e. The van der Waals surface area contributed by atoms with Crippen molar-refractivity contribution < 1.29 is 13.9 Å². The van der Waals surface area contributed by atoms with Gasteiger partial charge in [-0.05, 0) is 0 Å². The highest BCUT2D eigenvalue weighted by molar-refractivity contribution is 8.02. The molecular formula is C5H2Cl4F2N2O2S2. The molecule has 1 heterocycles. The lowest BCUT2D eigenvalue weighted by atomic mass is 10.9. The van der Waals surface area contributed by atoms with Crippen molar-refractivity contribution in [2.75, 3.05) is 0 Å². The van der Waals surface area contributed by atoms with E-state index < -0.39 is 19.4 Å². The predicted octanol–water partition coefficient (Wildman–Crippen LogP) is 3.46. The van der Waals surface area contributed by atoms with Crippen molar-refractivity contribution in [2.24, 2.45) is 0 Å². The molecular weight excluding hydrogens is 364 g/mol. The molecule has 0 aliphatic heterocycles. The Balaban J connectivity index is 3.07. The van der Waals surface area contributed by atoms with E-state index in [4.69, 9.17) is 46.4 Å². The fourth-order valence-corrected chi connectivity index (χ4v) is 2.72. The maximum Gasteiger partial charge on any atom is 0.351 e. The molecule has 0 amide bonds. The van der Waals surface area contributed by atoms with E-state index in [1.807, 2.05) is 0 Å². The zero-order valence-corrected chi connectivity index (χ0v) is 12.1. The molecule has 0 aliphatic carbocycles. The lowest BCUT2D eigenvalue weighted by Gasteiger charge is -2.08. The number of hydrogen-bond acceptors (Lipinski definition) is 4. The van der Waals surface area contributed by atoms with Crippen molar-refractivity contribution in [3.8, 4) is 5.88 Å². The molecule has 1 rings (SSSR count). The Bertz CT molecular complexity index is 466. The standard InChI is InChI=1S/C5H2Cl4F2N2O2S2/c6-4(7,10)16-12-1-2(14)13(3(12)15)17-5(8,9)11/h1,14H. The zero-order chi connectivity index (χ0) is 13.4. The summed E-state index contributed by atoms with van der Waals surface area (Å²) in [4.78, 5) is 11.5. The van der Waals surface area contributed by atoms with Crippen LogP contribution >= 0.6 is 70.3 Å². The van der Waals surface area contributed by atoms with Gasteiger partial charge in [-0.15, -0.1) is 0 Å². The van der Waals surface area contributed by atoms with E-state index in [0.29, 0.717) is 7.94 Å². The van der Waals surface area contributed by atoms with Gasteiger partial charge in [0.25, 0.3) is 0 Å². The summed E-state index contributed by atoms with van der Waals surface area (Å²) in [5.41, 5.74) is -1.02. The molecule has 0 aliphatic rings. The van der Waals surface area contributed by atoms with Gasteiger partial charge < -0.3 is 5.11 Å². The molecule has 0 bridgehead atoms. The number of imidazole rings is 1. The first kappa shape index (κ1) is 15.6. The molecule has 1 aromatic heterocycles. The van der Waals surface area contributed by atoms with Crippen molar-refractivity contribution >= 4 is 70.3 Å². The summed E-state index contributed by atoms with van der Waals surface area (Å²) in [6, 6.07) is 0. The van der Waals surface area contributed by atoms with Crippen LogP contribution < -0.4 is 5.69 Å². The fourth-order valence-electron chi connectivity index (χ4n) is 0.766. The maximum atomic E-state index is 12.9. The second-order valence-electron chi connectivity index (χ2n) is 2.46. The van der Waals surface area contributed by atoms with Crippen LogP contribution in [0.4, 0.5) is 8.78 Å². The first-order valence-electron chi connectivity index (χ1n) is 3.55. The third kappa shape index (κ3) is 4.96. The van der Waals surface area contributed by atoms with Gasteiger partial charge in [0.05, 0.1) is 6.20 Å². The number of aromatic hydroxyl groups is 1. The summed E-state index contributed by atoms with van der Waals surface area (Å²) in [6.45, 7) is 0. The first-order chi connectivity index (χ1) is 7.49. The minimum atomic E-state index is -2.84. The van der Waals surface area contributed by atoms with Crippen molar-refractivity contribution in [3.05, 3.63) is 16.7 Å². The van der Waals surface area contributed by atoms with Crippen LogP contribution in [0.2, 0.25) is 0 Å². The van der Waals surface area contributed by atoms with Gasteiger partial charge >= 0.3 is 13.5 Å². The van der Waals surface area contributed by atoms with Gasteiger partial charge in [-0.3, -0.25) is 0 Å². The maximum absolute atomic E-state index is 12.9. The van der Waals surface area contributed by atoms with Gasteiger partial charge in [-0.1, -0.05) is 46.4 Å². The SMILES string of the molecule is O=c1n(SC(F)(Cl)Cl)cc(O)n1SC(F)(Cl)Cl. The van der Waals surface area contributed by atoms with Gasteiger partial charge in [-0.25, -0.2) is 8.77 Å². The molecule has 0 radical (unpaired) electrons. The summed E-state index contributed by atoms with van der Waals surface area (Å²) in [5.74, 6) is -0.701. The van der Waals surface area contributed by atoms with Crippen LogP contribution in [0, 0.1) is 0 Å². The molecule has 12 heteroatoms. The molecule has 98 valence electrons. The number of hydrogen-bond donors (Lipinski definition) is 1. The van der Waals surface area contributed by atoms with Crippen molar-refractivity contribution in [1.82, 2.24) is 7.94 Å². The van der Waals surface area contributed by atoms with Crippen LogP contribution in [0.3, 0.4) is 0 Å². The lowest BCUT2D eigenvalue weighted by Crippen LogP contribution is -2.21. The quantitative estimate of drug-likeness (QED) is 0.830. The Kier molecular flexibility index (Phi) is 4.82. The van der Waals surface area contributed by atoms with Crippen LogP contribution in [0.15, 0.2) is 11.0 Å². The van der Waals surface area contributed by atoms with E-state index in [1.54, 1.807) is 0 Å². The third-order valence-corrected chi connectivity index (χ3v) is 3.43. The topological polar surface area (TPSA) is 47.2 Å². The zero-order valence-electron chi connectivity index (χ0n) is 7.41. The van der Waals surface area contributed by atoms with Gasteiger partial charge in [-0.2, -0.15) is 12.8 Å². The number of rotatable bonds is 4. The van der Waals surface area contributed by atoms with E-state index in [-0.39, 0.29) is 23.9 Å². The predicted molar refractivity (Wildman–Crippen MR) is 67.4 cm³/mol. The molecule has 0 fully saturated rings. The van der Waals surface area contributed by atoms with Gasteiger partial charge in [0.15, 0.2) is 0 Å². The van der Waals surface area contributed by atoms with Crippen LogP contribution in [-0.2, 0) is 0 Å². The monoisotopic (exact) mass is 364 g/mol. The number of halogens is 6.